The van der Waals surface area contributed by atoms with E-state index in [1.807, 2.05) is 37.5 Å². The van der Waals surface area contributed by atoms with E-state index >= 15 is 0 Å². The normalized spacial score (nSPS) is 12.5. The van der Waals surface area contributed by atoms with Crippen LogP contribution >= 0.6 is 27.5 Å². The Balaban J connectivity index is 2.17. The van der Waals surface area contributed by atoms with Crippen LogP contribution in [0.1, 0.15) is 18.5 Å². The maximum absolute atomic E-state index is 6.20. The molecule has 1 N–H and O–H groups in total. The van der Waals surface area contributed by atoms with E-state index in [2.05, 4.69) is 33.3 Å². The van der Waals surface area contributed by atoms with Crippen LogP contribution in [0.4, 0.5) is 5.82 Å². The van der Waals surface area contributed by atoms with Crippen molar-refractivity contribution < 1.29 is 0 Å². The van der Waals surface area contributed by atoms with Crippen molar-refractivity contribution >= 4 is 33.3 Å². The van der Waals surface area contributed by atoms with E-state index in [4.69, 9.17) is 11.6 Å². The molecular formula is C12H13BrClN3. The maximum atomic E-state index is 6.20. The lowest BCUT2D eigenvalue weighted by Gasteiger charge is -2.15. The highest BCUT2D eigenvalue weighted by molar-refractivity contribution is 9.10. The molecule has 17 heavy (non-hydrogen) atoms. The van der Waals surface area contributed by atoms with Crippen molar-refractivity contribution in [1.82, 2.24) is 9.78 Å². The van der Waals surface area contributed by atoms with Gasteiger partial charge in [0.15, 0.2) is 0 Å². The number of anilines is 1. The van der Waals surface area contributed by atoms with Gasteiger partial charge >= 0.3 is 0 Å². The third kappa shape index (κ3) is 3.01. The van der Waals surface area contributed by atoms with Crippen LogP contribution in [-0.4, -0.2) is 9.78 Å². The van der Waals surface area contributed by atoms with Crippen LogP contribution < -0.4 is 5.32 Å². The van der Waals surface area contributed by atoms with Crippen LogP contribution in [0.2, 0.25) is 5.02 Å². The molecule has 0 fully saturated rings. The molecule has 3 nitrogen and oxygen atoms in total. The predicted molar refractivity (Wildman–Crippen MR) is 74.4 cm³/mol. The Kier molecular flexibility index (Phi) is 3.74. The summed E-state index contributed by atoms with van der Waals surface area (Å²) < 4.78 is 2.74. The molecule has 2 rings (SSSR count). The van der Waals surface area contributed by atoms with Gasteiger partial charge in [-0.15, -0.1) is 0 Å². The number of nitrogens with one attached hydrogen (secondary N) is 1. The summed E-state index contributed by atoms with van der Waals surface area (Å²) in [6.07, 6.45) is 1.90. The monoisotopic (exact) mass is 313 g/mol. The second kappa shape index (κ2) is 5.10. The molecule has 2 aromatic rings. The van der Waals surface area contributed by atoms with E-state index in [-0.39, 0.29) is 6.04 Å². The highest BCUT2D eigenvalue weighted by Gasteiger charge is 2.10. The van der Waals surface area contributed by atoms with Crippen molar-refractivity contribution in [3.63, 3.8) is 0 Å². The second-order valence-electron chi connectivity index (χ2n) is 3.91. The minimum atomic E-state index is 0.116. The molecule has 1 aromatic heterocycles. The Bertz CT molecular complexity index is 524. The molecule has 1 aromatic carbocycles. The summed E-state index contributed by atoms with van der Waals surface area (Å²) in [6, 6.07) is 7.94. The first-order valence-corrected chi connectivity index (χ1v) is 6.44. The lowest BCUT2D eigenvalue weighted by atomic mass is 10.1. The molecule has 0 saturated heterocycles. The maximum Gasteiger partial charge on any atom is 0.148 e. The fourth-order valence-corrected chi connectivity index (χ4v) is 2.48. The fraction of sp³-hybridized carbons (Fsp3) is 0.250. The van der Waals surface area contributed by atoms with Gasteiger partial charge in [-0.25, -0.2) is 0 Å². The van der Waals surface area contributed by atoms with Gasteiger partial charge in [0.25, 0.3) is 0 Å². The van der Waals surface area contributed by atoms with Crippen LogP contribution in [-0.2, 0) is 7.05 Å². The molecule has 0 spiro atoms. The lowest BCUT2D eigenvalue weighted by Crippen LogP contribution is -2.08. The third-order valence-corrected chi connectivity index (χ3v) is 3.33. The SMILES string of the molecule is CC(Nc1ccn(C)n1)c1ccc(Br)cc1Cl. The largest absolute Gasteiger partial charge is 0.362 e. The minimum absolute atomic E-state index is 0.116. The Hall–Kier alpha value is -1.000. The van der Waals surface area contributed by atoms with Crippen LogP contribution in [0.3, 0.4) is 0 Å². The summed E-state index contributed by atoms with van der Waals surface area (Å²) in [5.41, 5.74) is 1.06. The zero-order chi connectivity index (χ0) is 12.4. The molecule has 0 aliphatic heterocycles. The van der Waals surface area contributed by atoms with Crippen LogP contribution in [0.5, 0.6) is 0 Å². The minimum Gasteiger partial charge on any atom is -0.362 e. The Morgan fingerprint density at radius 2 is 2.18 bits per heavy atom. The Morgan fingerprint density at radius 3 is 2.76 bits per heavy atom. The molecule has 90 valence electrons. The Labute approximate surface area is 114 Å². The van der Waals surface area contributed by atoms with Crippen molar-refractivity contribution in [3.8, 4) is 0 Å². The van der Waals surface area contributed by atoms with Gasteiger partial charge in [0.2, 0.25) is 0 Å². The van der Waals surface area contributed by atoms with E-state index < -0.39 is 0 Å². The van der Waals surface area contributed by atoms with Gasteiger partial charge < -0.3 is 5.32 Å². The van der Waals surface area contributed by atoms with Crippen molar-refractivity contribution in [2.24, 2.45) is 7.05 Å². The molecule has 0 radical (unpaired) electrons. The summed E-state index contributed by atoms with van der Waals surface area (Å²) in [5.74, 6) is 0.846. The topological polar surface area (TPSA) is 29.9 Å². The first-order valence-electron chi connectivity index (χ1n) is 5.27. The number of hydrogen-bond donors (Lipinski definition) is 1. The first-order chi connectivity index (χ1) is 8.06. The van der Waals surface area contributed by atoms with Gasteiger partial charge in [-0.3, -0.25) is 4.68 Å². The average molecular weight is 315 g/mol. The van der Waals surface area contributed by atoms with Gasteiger partial charge in [0.05, 0.1) is 6.04 Å². The van der Waals surface area contributed by atoms with Gasteiger partial charge in [0, 0.05) is 28.8 Å². The smallest absolute Gasteiger partial charge is 0.148 e. The molecule has 0 aliphatic carbocycles. The Morgan fingerprint density at radius 1 is 1.41 bits per heavy atom. The molecule has 1 unspecified atom stereocenters. The second-order valence-corrected chi connectivity index (χ2v) is 5.23. The van der Waals surface area contributed by atoms with E-state index in [0.717, 1.165) is 20.9 Å². The fourth-order valence-electron chi connectivity index (χ4n) is 1.64. The average Bonchev–Trinajstić information content (AvgIpc) is 2.63. The van der Waals surface area contributed by atoms with Crippen molar-refractivity contribution in [1.29, 1.82) is 0 Å². The van der Waals surface area contributed by atoms with Gasteiger partial charge in [-0.1, -0.05) is 33.6 Å². The summed E-state index contributed by atoms with van der Waals surface area (Å²) in [5, 5.41) is 8.33. The van der Waals surface area contributed by atoms with Crippen LogP contribution in [0.25, 0.3) is 0 Å². The number of hydrogen-bond acceptors (Lipinski definition) is 2. The first kappa shape index (κ1) is 12.5. The molecule has 5 heteroatoms. The third-order valence-electron chi connectivity index (χ3n) is 2.51. The number of nitrogens with zero attached hydrogens (tertiary/aromatic N) is 2. The van der Waals surface area contributed by atoms with Crippen molar-refractivity contribution in [2.75, 3.05) is 5.32 Å². The highest BCUT2D eigenvalue weighted by Crippen LogP contribution is 2.28. The predicted octanol–water partition coefficient (Wildman–Crippen LogP) is 4.01. The van der Waals surface area contributed by atoms with E-state index in [1.54, 1.807) is 4.68 Å². The van der Waals surface area contributed by atoms with E-state index in [1.165, 1.54) is 0 Å². The van der Waals surface area contributed by atoms with Crippen molar-refractivity contribution in [3.05, 3.63) is 45.5 Å². The summed E-state index contributed by atoms with van der Waals surface area (Å²) in [6.45, 7) is 2.06. The number of aryl methyl sites for hydroxylation is 1. The zero-order valence-electron chi connectivity index (χ0n) is 9.61. The molecule has 0 saturated carbocycles. The summed E-state index contributed by atoms with van der Waals surface area (Å²) in [4.78, 5) is 0. The molecule has 0 amide bonds. The summed E-state index contributed by atoms with van der Waals surface area (Å²) >= 11 is 9.60. The standard InChI is InChI=1S/C12H13BrClN3/c1-8(15-12-5-6-17(2)16-12)10-4-3-9(13)7-11(10)14/h3-8H,1-2H3,(H,15,16). The van der Waals surface area contributed by atoms with Crippen molar-refractivity contribution in [2.45, 2.75) is 13.0 Å². The van der Waals surface area contributed by atoms with E-state index in [9.17, 15) is 0 Å². The molecule has 0 bridgehead atoms. The van der Waals surface area contributed by atoms with Gasteiger partial charge in [-0.05, 0) is 24.6 Å². The number of aromatic nitrogens is 2. The van der Waals surface area contributed by atoms with Gasteiger partial charge in [-0.2, -0.15) is 5.10 Å². The lowest BCUT2D eigenvalue weighted by molar-refractivity contribution is 0.760. The number of rotatable bonds is 3. The summed E-state index contributed by atoms with van der Waals surface area (Å²) in [7, 11) is 1.89. The quantitative estimate of drug-likeness (QED) is 0.927. The highest BCUT2D eigenvalue weighted by atomic mass is 79.9. The molecule has 1 atom stereocenters. The number of benzene rings is 1. The molecule has 0 aliphatic rings. The molecular weight excluding hydrogens is 302 g/mol. The van der Waals surface area contributed by atoms with Gasteiger partial charge in [0.1, 0.15) is 5.82 Å². The van der Waals surface area contributed by atoms with E-state index in [0.29, 0.717) is 0 Å². The number of halogens is 2. The van der Waals surface area contributed by atoms with Crippen LogP contribution in [0.15, 0.2) is 34.9 Å². The zero-order valence-corrected chi connectivity index (χ0v) is 12.0. The molecule has 1 heterocycles. The van der Waals surface area contributed by atoms with Crippen LogP contribution in [0, 0.1) is 0 Å².